The van der Waals surface area contributed by atoms with Gasteiger partial charge in [-0.3, -0.25) is 43.2 Å². The van der Waals surface area contributed by atoms with Crippen molar-refractivity contribution < 1.29 is 72.4 Å². The van der Waals surface area contributed by atoms with Crippen LogP contribution in [0.15, 0.2) is 24.3 Å². The van der Waals surface area contributed by atoms with Crippen LogP contribution < -0.4 is 20.7 Å². The number of esters is 2. The Bertz CT molecular complexity index is 2330. The molecule has 22 heteroatoms. The molecule has 1 aromatic rings. The van der Waals surface area contributed by atoms with E-state index < -0.39 is 150 Å². The molecule has 3 fully saturated rings. The Kier molecular flexibility index (Phi) is 24.3. The number of hydrogen-bond donors (Lipinski definition) is 5. The number of likely N-dealkylation sites (N-methyl/N-ethyl adjacent to an activating group) is 2. The minimum atomic E-state index is -1.76. The largest absolute Gasteiger partial charge is 0.497 e. The van der Waals surface area contributed by atoms with E-state index in [0.717, 1.165) is 0 Å². The number of rotatable bonds is 15. The summed E-state index contributed by atoms with van der Waals surface area (Å²) in [5.41, 5.74) is 0.571. The molecule has 3 saturated heterocycles. The van der Waals surface area contributed by atoms with Crippen molar-refractivity contribution in [3.63, 3.8) is 0 Å². The second kappa shape index (κ2) is 29.3. The van der Waals surface area contributed by atoms with Gasteiger partial charge in [-0.2, -0.15) is 0 Å². The average molecular weight is 1110 g/mol. The van der Waals surface area contributed by atoms with Crippen LogP contribution >= 0.6 is 0 Å². The summed E-state index contributed by atoms with van der Waals surface area (Å²) in [6, 6.07) is -2.19. The van der Waals surface area contributed by atoms with E-state index in [4.69, 9.17) is 14.2 Å². The van der Waals surface area contributed by atoms with Gasteiger partial charge in [-0.1, -0.05) is 73.9 Å². The van der Waals surface area contributed by atoms with Crippen LogP contribution in [-0.2, 0) is 63.8 Å². The summed E-state index contributed by atoms with van der Waals surface area (Å²) in [6.45, 7) is 18.4. The first-order valence-electron chi connectivity index (χ1n) is 28.0. The molecule has 0 spiro atoms. The Balaban J connectivity index is 1.89. The summed E-state index contributed by atoms with van der Waals surface area (Å²) in [5.74, 6) is -10.3. The predicted octanol–water partition coefficient (Wildman–Crippen LogP) is 2.32. The summed E-state index contributed by atoms with van der Waals surface area (Å²) in [4.78, 5) is 149. The van der Waals surface area contributed by atoms with Crippen molar-refractivity contribution in [1.29, 1.82) is 0 Å². The zero-order valence-corrected chi connectivity index (χ0v) is 48.8. The number of nitrogens with zero attached hydrogens (tertiary/aromatic N) is 4. The number of cyclic esters (lactones) is 2. The van der Waals surface area contributed by atoms with E-state index in [0.29, 0.717) is 30.6 Å². The van der Waals surface area contributed by atoms with Crippen molar-refractivity contribution in [2.24, 2.45) is 29.6 Å². The van der Waals surface area contributed by atoms with Crippen molar-refractivity contribution in [3.05, 3.63) is 29.8 Å². The Morgan fingerprint density at radius 1 is 0.861 bits per heavy atom. The van der Waals surface area contributed by atoms with Crippen LogP contribution in [0.5, 0.6) is 5.75 Å². The molecule has 0 saturated carbocycles. The number of carbonyl (C=O) groups is 10. The van der Waals surface area contributed by atoms with E-state index >= 15 is 4.79 Å². The summed E-state index contributed by atoms with van der Waals surface area (Å²) in [6.07, 6.45) is -4.99. The number of benzene rings is 1. The zero-order chi connectivity index (χ0) is 59.3. The van der Waals surface area contributed by atoms with Gasteiger partial charge >= 0.3 is 11.9 Å². The van der Waals surface area contributed by atoms with Gasteiger partial charge < -0.3 is 60.0 Å². The quantitative estimate of drug-likeness (QED) is 0.124. The highest BCUT2D eigenvalue weighted by molar-refractivity contribution is 6.05. The molecule has 79 heavy (non-hydrogen) atoms. The number of carbonyl (C=O) groups excluding carboxylic acids is 10. The molecule has 0 radical (unpaired) electrons. The number of amides is 7. The van der Waals surface area contributed by atoms with Gasteiger partial charge in [0.15, 0.2) is 11.9 Å². The maximum Gasteiger partial charge on any atom is 0.329 e. The molecule has 442 valence electrons. The molecular formula is C57H89N7O15. The third-order valence-electron chi connectivity index (χ3n) is 15.5. The SMILES string of the molecule is CCC(C)C1NC(=O)C(NC(=O)C(CC(C)C)N(C)C(=O)C2CCCN2C(=O)C(C)O)C(C)OC(=O)C(Cc2ccc(OC)cc2)N(C)C(=O)C2CCCN2C(=O)C(CC(C)C)NC(=O)C(C)C(=O)C(C(C)C)OC(=O)CC1O. The molecule has 7 amide bonds. The van der Waals surface area contributed by atoms with Gasteiger partial charge in [0.25, 0.3) is 5.91 Å². The number of methoxy groups -OCH3 is 1. The summed E-state index contributed by atoms with van der Waals surface area (Å²) >= 11 is 0. The van der Waals surface area contributed by atoms with E-state index in [9.17, 15) is 53.4 Å². The molecule has 22 nitrogen and oxygen atoms in total. The van der Waals surface area contributed by atoms with Crippen molar-refractivity contribution in [3.8, 4) is 5.75 Å². The summed E-state index contributed by atoms with van der Waals surface area (Å²) < 4.78 is 17.2. The van der Waals surface area contributed by atoms with Crippen molar-refractivity contribution in [2.75, 3.05) is 34.3 Å². The summed E-state index contributed by atoms with van der Waals surface area (Å²) in [5, 5.41) is 30.2. The molecule has 13 unspecified atom stereocenters. The van der Waals surface area contributed by atoms with E-state index in [1.165, 1.54) is 61.6 Å². The zero-order valence-electron chi connectivity index (χ0n) is 48.8. The van der Waals surface area contributed by atoms with Gasteiger partial charge in [-0.15, -0.1) is 0 Å². The molecule has 3 aliphatic rings. The van der Waals surface area contributed by atoms with Gasteiger partial charge in [0.1, 0.15) is 54.2 Å². The standard InChI is InChI=1S/C57H89N7O15/c1-15-33(8)46-44(66)29-45(67)79-49(32(6)7)48(68)34(9)50(69)58-39(26-30(2)3)54(73)64-25-17-19-41(64)56(75)62(13)43(28-37-20-22-38(77-14)23-21-37)57(76)78-36(11)47(52(71)59-46)60-51(70)42(27-31(4)5)61(12)55(74)40-18-16-24-63(40)53(72)35(10)65/h20-23,30-36,39-44,46-47,49,65-66H,15-19,24-29H2,1-14H3,(H,58,69)(H,59,71)(H,60,70). The summed E-state index contributed by atoms with van der Waals surface area (Å²) in [7, 11) is 4.29. The minimum absolute atomic E-state index is 0.0720. The first-order valence-corrected chi connectivity index (χ1v) is 28.0. The van der Waals surface area contributed by atoms with Crippen LogP contribution in [0.1, 0.15) is 133 Å². The number of nitrogens with one attached hydrogen (secondary N) is 3. The fraction of sp³-hybridized carbons (Fsp3) is 0.719. The van der Waals surface area contributed by atoms with Crippen LogP contribution in [0.2, 0.25) is 0 Å². The maximum atomic E-state index is 15.0. The third kappa shape index (κ3) is 16.9. The van der Waals surface area contributed by atoms with Crippen LogP contribution in [0.3, 0.4) is 0 Å². The van der Waals surface area contributed by atoms with Crippen LogP contribution in [0.4, 0.5) is 0 Å². The van der Waals surface area contributed by atoms with E-state index in [2.05, 4.69) is 16.0 Å². The van der Waals surface area contributed by atoms with Gasteiger partial charge in [0, 0.05) is 33.6 Å². The molecule has 0 aromatic heterocycles. The lowest BCUT2D eigenvalue weighted by atomic mass is 9.91. The number of fused-ring (bicyclic) bond motifs is 1. The van der Waals surface area contributed by atoms with E-state index in [1.807, 2.05) is 27.7 Å². The molecule has 13 atom stereocenters. The topological polar surface area (TPSA) is 288 Å². The van der Waals surface area contributed by atoms with Crippen molar-refractivity contribution in [2.45, 2.75) is 201 Å². The van der Waals surface area contributed by atoms with Crippen LogP contribution in [-0.4, -0.2) is 190 Å². The number of hydrogen-bond acceptors (Lipinski definition) is 15. The molecule has 5 N–H and O–H groups in total. The highest BCUT2D eigenvalue weighted by Crippen LogP contribution is 2.27. The third-order valence-corrected chi connectivity index (χ3v) is 15.5. The molecule has 0 bridgehead atoms. The lowest BCUT2D eigenvalue weighted by molar-refractivity contribution is -0.163. The monoisotopic (exact) mass is 1110 g/mol. The Labute approximate surface area is 465 Å². The second-order valence-electron chi connectivity index (χ2n) is 23.0. The van der Waals surface area contributed by atoms with E-state index in [-0.39, 0.29) is 57.0 Å². The number of ether oxygens (including phenoxy) is 3. The highest BCUT2D eigenvalue weighted by atomic mass is 16.6. The maximum absolute atomic E-state index is 15.0. The van der Waals surface area contributed by atoms with Gasteiger partial charge in [-0.05, 0) is 101 Å². The lowest BCUT2D eigenvalue weighted by Gasteiger charge is -2.36. The highest BCUT2D eigenvalue weighted by Gasteiger charge is 2.46. The smallest absolute Gasteiger partial charge is 0.329 e. The molecule has 0 aliphatic carbocycles. The number of Topliss-reactive ketones (excluding diaryl/α,β-unsaturated/α-hetero) is 1. The Morgan fingerprint density at radius 3 is 2.06 bits per heavy atom. The minimum Gasteiger partial charge on any atom is -0.497 e. The van der Waals surface area contributed by atoms with Gasteiger partial charge in [-0.25, -0.2) is 4.79 Å². The first kappa shape index (κ1) is 65.4. The second-order valence-corrected chi connectivity index (χ2v) is 23.0. The van der Waals surface area contributed by atoms with Crippen molar-refractivity contribution in [1.82, 2.24) is 35.6 Å². The Morgan fingerprint density at radius 2 is 1.49 bits per heavy atom. The number of likely N-dealkylation sites (tertiary alicyclic amines) is 1. The fourth-order valence-electron chi connectivity index (χ4n) is 10.5. The Hall–Kier alpha value is -6.16. The first-order chi connectivity index (χ1) is 37.0. The van der Waals surface area contributed by atoms with Gasteiger partial charge in [0.05, 0.1) is 31.6 Å². The predicted molar refractivity (Wildman–Crippen MR) is 290 cm³/mol. The molecule has 3 aliphatic heterocycles. The molecule has 3 heterocycles. The average Bonchev–Trinajstić information content (AvgIpc) is 4.13. The normalized spacial score (nSPS) is 27.7. The molecule has 1 aromatic carbocycles. The fourth-order valence-corrected chi connectivity index (χ4v) is 10.5. The van der Waals surface area contributed by atoms with Crippen LogP contribution in [0, 0.1) is 29.6 Å². The number of aliphatic hydroxyl groups is 2. The van der Waals surface area contributed by atoms with E-state index in [1.54, 1.807) is 52.0 Å². The number of aliphatic hydroxyl groups excluding tert-OH is 2. The lowest BCUT2D eigenvalue weighted by Crippen LogP contribution is -2.62. The molecular weight excluding hydrogens is 1020 g/mol. The van der Waals surface area contributed by atoms with Crippen molar-refractivity contribution >= 4 is 59.1 Å². The molecule has 4 rings (SSSR count). The van der Waals surface area contributed by atoms with Crippen LogP contribution in [0.25, 0.3) is 0 Å². The van der Waals surface area contributed by atoms with Gasteiger partial charge in [0.2, 0.25) is 35.4 Å². The number of ketones is 1.